The molecule has 0 saturated carbocycles. The molecule has 1 amide bonds. The highest BCUT2D eigenvalue weighted by atomic mass is 35.5. The summed E-state index contributed by atoms with van der Waals surface area (Å²) in [7, 11) is 0. The molecule has 0 aliphatic rings. The Kier molecular flexibility index (Phi) is 6.43. The Balaban J connectivity index is 2.75. The standard InChI is InChI=1S/C16H20ClNO4/c1-4-5-6-13(14(19)20)18-15(21)16(2,3)22-12-9-7-11(17)8-10-12/h4-5,7-10,13H,6H2,1-3H3,(H,18,21)(H,19,20)/b5-4+. The summed E-state index contributed by atoms with van der Waals surface area (Å²) in [6.07, 6.45) is 3.64. The van der Waals surface area contributed by atoms with Crippen LogP contribution < -0.4 is 10.1 Å². The summed E-state index contributed by atoms with van der Waals surface area (Å²) in [6.45, 7) is 4.94. The molecule has 0 aromatic heterocycles. The van der Waals surface area contributed by atoms with E-state index in [0.29, 0.717) is 10.8 Å². The van der Waals surface area contributed by atoms with Crippen molar-refractivity contribution in [2.45, 2.75) is 38.8 Å². The molecular formula is C16H20ClNO4. The number of rotatable bonds is 7. The molecule has 6 heteroatoms. The van der Waals surface area contributed by atoms with Gasteiger partial charge in [0.25, 0.3) is 5.91 Å². The number of carbonyl (C=O) groups is 2. The van der Waals surface area contributed by atoms with Crippen LogP contribution in [0.4, 0.5) is 0 Å². The third kappa shape index (κ3) is 5.41. The van der Waals surface area contributed by atoms with E-state index in [2.05, 4.69) is 5.32 Å². The molecule has 0 bridgehead atoms. The van der Waals surface area contributed by atoms with Crippen LogP contribution in [0.15, 0.2) is 36.4 Å². The first kappa shape index (κ1) is 18.0. The molecule has 1 unspecified atom stereocenters. The summed E-state index contributed by atoms with van der Waals surface area (Å²) in [5.74, 6) is -1.11. The van der Waals surface area contributed by atoms with E-state index in [4.69, 9.17) is 21.4 Å². The van der Waals surface area contributed by atoms with Crippen LogP contribution in [0.25, 0.3) is 0 Å². The van der Waals surface area contributed by atoms with Crippen LogP contribution in [-0.2, 0) is 9.59 Å². The van der Waals surface area contributed by atoms with Gasteiger partial charge >= 0.3 is 5.97 Å². The lowest BCUT2D eigenvalue weighted by atomic mass is 10.1. The van der Waals surface area contributed by atoms with Crippen molar-refractivity contribution < 1.29 is 19.4 Å². The molecule has 120 valence electrons. The van der Waals surface area contributed by atoms with E-state index in [0.717, 1.165) is 0 Å². The predicted octanol–water partition coefficient (Wildman–Crippen LogP) is 3.03. The molecule has 0 aliphatic heterocycles. The van der Waals surface area contributed by atoms with E-state index in [1.165, 1.54) is 0 Å². The minimum Gasteiger partial charge on any atom is -0.480 e. The first-order chi connectivity index (χ1) is 10.3. The molecule has 1 atom stereocenters. The number of allylic oxidation sites excluding steroid dienone is 1. The van der Waals surface area contributed by atoms with Gasteiger partial charge < -0.3 is 15.2 Å². The molecule has 1 aromatic rings. The van der Waals surface area contributed by atoms with E-state index >= 15 is 0 Å². The summed E-state index contributed by atoms with van der Waals surface area (Å²) in [6, 6.07) is 5.60. The zero-order chi connectivity index (χ0) is 16.8. The van der Waals surface area contributed by atoms with Crippen LogP contribution in [0.2, 0.25) is 5.02 Å². The summed E-state index contributed by atoms with van der Waals surface area (Å²) in [5.41, 5.74) is -1.21. The van der Waals surface area contributed by atoms with Crippen molar-refractivity contribution in [1.82, 2.24) is 5.32 Å². The lowest BCUT2D eigenvalue weighted by Crippen LogP contribution is -2.52. The maximum absolute atomic E-state index is 12.3. The molecule has 22 heavy (non-hydrogen) atoms. The summed E-state index contributed by atoms with van der Waals surface area (Å²) in [4.78, 5) is 23.4. The minimum atomic E-state index is -1.21. The first-order valence-electron chi connectivity index (χ1n) is 6.85. The summed E-state index contributed by atoms with van der Waals surface area (Å²) in [5, 5.41) is 12.2. The lowest BCUT2D eigenvalue weighted by Gasteiger charge is -2.27. The van der Waals surface area contributed by atoms with Crippen LogP contribution >= 0.6 is 11.6 Å². The Bertz CT molecular complexity index is 552. The minimum absolute atomic E-state index is 0.217. The number of carboxylic acid groups (broad SMARTS) is 1. The average Bonchev–Trinajstić information content (AvgIpc) is 2.45. The number of amides is 1. The molecule has 0 aliphatic carbocycles. The van der Waals surface area contributed by atoms with Gasteiger partial charge in [-0.25, -0.2) is 4.79 Å². The van der Waals surface area contributed by atoms with Gasteiger partial charge in [-0.2, -0.15) is 0 Å². The van der Waals surface area contributed by atoms with Gasteiger partial charge in [0.15, 0.2) is 5.60 Å². The number of aliphatic carboxylic acids is 1. The highest BCUT2D eigenvalue weighted by Gasteiger charge is 2.33. The molecule has 0 saturated heterocycles. The largest absolute Gasteiger partial charge is 0.480 e. The number of carbonyl (C=O) groups excluding carboxylic acids is 1. The maximum Gasteiger partial charge on any atom is 0.326 e. The molecule has 0 heterocycles. The van der Waals surface area contributed by atoms with Crippen molar-refractivity contribution in [3.05, 3.63) is 41.4 Å². The van der Waals surface area contributed by atoms with Crippen molar-refractivity contribution in [3.8, 4) is 5.75 Å². The van der Waals surface area contributed by atoms with E-state index in [1.54, 1.807) is 57.2 Å². The van der Waals surface area contributed by atoms with Crippen LogP contribution in [0.3, 0.4) is 0 Å². The SMILES string of the molecule is C/C=C/CC(NC(=O)C(C)(C)Oc1ccc(Cl)cc1)C(=O)O. The molecule has 0 radical (unpaired) electrons. The van der Waals surface area contributed by atoms with Crippen molar-refractivity contribution in [1.29, 1.82) is 0 Å². The zero-order valence-electron chi connectivity index (χ0n) is 12.8. The Hall–Kier alpha value is -2.01. The molecule has 0 fully saturated rings. The highest BCUT2D eigenvalue weighted by Crippen LogP contribution is 2.21. The third-order valence-electron chi connectivity index (χ3n) is 2.94. The monoisotopic (exact) mass is 325 g/mol. The second-order valence-electron chi connectivity index (χ2n) is 5.24. The van der Waals surface area contributed by atoms with Crippen LogP contribution in [-0.4, -0.2) is 28.6 Å². The summed E-state index contributed by atoms with van der Waals surface area (Å²) < 4.78 is 5.62. The van der Waals surface area contributed by atoms with E-state index in [9.17, 15) is 9.59 Å². The van der Waals surface area contributed by atoms with Gasteiger partial charge in [0.1, 0.15) is 11.8 Å². The topological polar surface area (TPSA) is 75.6 Å². The number of nitrogens with one attached hydrogen (secondary N) is 1. The molecule has 2 N–H and O–H groups in total. The third-order valence-corrected chi connectivity index (χ3v) is 3.20. The number of hydrogen-bond donors (Lipinski definition) is 2. The molecule has 1 aromatic carbocycles. The second kappa shape index (κ2) is 7.84. The quantitative estimate of drug-likeness (QED) is 0.755. The van der Waals surface area contributed by atoms with Crippen molar-refractivity contribution in [3.63, 3.8) is 0 Å². The number of ether oxygens (including phenoxy) is 1. The average molecular weight is 326 g/mol. The molecule has 0 spiro atoms. The number of hydrogen-bond acceptors (Lipinski definition) is 3. The number of halogens is 1. The van der Waals surface area contributed by atoms with Gasteiger partial charge in [0.2, 0.25) is 0 Å². The van der Waals surface area contributed by atoms with Gasteiger partial charge in [0, 0.05) is 5.02 Å². The maximum atomic E-state index is 12.3. The highest BCUT2D eigenvalue weighted by molar-refractivity contribution is 6.30. The van der Waals surface area contributed by atoms with Gasteiger partial charge in [0.05, 0.1) is 0 Å². The van der Waals surface area contributed by atoms with Crippen LogP contribution in [0.5, 0.6) is 5.75 Å². The summed E-state index contributed by atoms with van der Waals surface area (Å²) >= 11 is 5.79. The van der Waals surface area contributed by atoms with Gasteiger partial charge in [-0.3, -0.25) is 4.79 Å². The second-order valence-corrected chi connectivity index (χ2v) is 5.67. The fourth-order valence-corrected chi connectivity index (χ4v) is 1.80. The number of benzene rings is 1. The predicted molar refractivity (Wildman–Crippen MR) is 85.2 cm³/mol. The van der Waals surface area contributed by atoms with Crippen LogP contribution in [0.1, 0.15) is 27.2 Å². The smallest absolute Gasteiger partial charge is 0.326 e. The van der Waals surface area contributed by atoms with Crippen molar-refractivity contribution >= 4 is 23.5 Å². The Morgan fingerprint density at radius 1 is 1.36 bits per heavy atom. The fraction of sp³-hybridized carbons (Fsp3) is 0.375. The number of carboxylic acids is 1. The Morgan fingerprint density at radius 3 is 2.45 bits per heavy atom. The van der Waals surface area contributed by atoms with Gasteiger partial charge in [-0.05, 0) is 51.5 Å². The molecular weight excluding hydrogens is 306 g/mol. The van der Waals surface area contributed by atoms with Crippen molar-refractivity contribution in [2.24, 2.45) is 0 Å². The van der Waals surface area contributed by atoms with Gasteiger partial charge in [-0.15, -0.1) is 0 Å². The van der Waals surface area contributed by atoms with Crippen molar-refractivity contribution in [2.75, 3.05) is 0 Å². The Morgan fingerprint density at radius 2 is 1.95 bits per heavy atom. The fourth-order valence-electron chi connectivity index (χ4n) is 1.67. The molecule has 5 nitrogen and oxygen atoms in total. The molecule has 1 rings (SSSR count). The van der Waals surface area contributed by atoms with Gasteiger partial charge in [-0.1, -0.05) is 23.8 Å². The van der Waals surface area contributed by atoms with E-state index < -0.39 is 23.5 Å². The normalized spacial score (nSPS) is 12.9. The lowest BCUT2D eigenvalue weighted by molar-refractivity contribution is -0.144. The van der Waals surface area contributed by atoms with E-state index in [1.807, 2.05) is 0 Å². The van der Waals surface area contributed by atoms with Crippen LogP contribution in [0, 0.1) is 0 Å². The van der Waals surface area contributed by atoms with E-state index in [-0.39, 0.29) is 6.42 Å². The first-order valence-corrected chi connectivity index (χ1v) is 7.23. The zero-order valence-corrected chi connectivity index (χ0v) is 13.6. The Labute approximate surface area is 134 Å².